The van der Waals surface area contributed by atoms with Gasteiger partial charge in [-0.1, -0.05) is 12.1 Å². The predicted molar refractivity (Wildman–Crippen MR) is 63.3 cm³/mol. The van der Waals surface area contributed by atoms with Crippen LogP contribution in [0, 0.1) is 17.0 Å². The van der Waals surface area contributed by atoms with E-state index in [1.54, 1.807) is 13.0 Å². The van der Waals surface area contributed by atoms with Crippen molar-refractivity contribution in [2.45, 2.75) is 13.0 Å². The van der Waals surface area contributed by atoms with E-state index in [1.165, 1.54) is 19.2 Å². The van der Waals surface area contributed by atoms with Crippen LogP contribution in [0.3, 0.4) is 0 Å². The number of benzene rings is 1. The van der Waals surface area contributed by atoms with E-state index in [9.17, 15) is 14.9 Å². The van der Waals surface area contributed by atoms with Crippen LogP contribution in [0.5, 0.6) is 5.75 Å². The fourth-order valence-electron chi connectivity index (χ4n) is 1.40. The summed E-state index contributed by atoms with van der Waals surface area (Å²) in [6.45, 7) is 1.52. The fraction of sp³-hybridized carbons (Fsp3) is 0.364. The Bertz CT molecular complexity index is 461. The van der Waals surface area contributed by atoms with Crippen molar-refractivity contribution in [3.63, 3.8) is 0 Å². The maximum atomic E-state index is 11.3. The van der Waals surface area contributed by atoms with Crippen molar-refractivity contribution >= 4 is 11.7 Å². The van der Waals surface area contributed by atoms with E-state index < -0.39 is 17.0 Å². The van der Waals surface area contributed by atoms with Gasteiger partial charge in [0.15, 0.2) is 0 Å². The van der Waals surface area contributed by atoms with Crippen molar-refractivity contribution in [2.24, 2.45) is 5.73 Å². The zero-order chi connectivity index (χ0) is 13.7. The zero-order valence-electron chi connectivity index (χ0n) is 10.1. The summed E-state index contributed by atoms with van der Waals surface area (Å²) >= 11 is 0. The van der Waals surface area contributed by atoms with Crippen LogP contribution in [0.25, 0.3) is 0 Å². The molecule has 1 aromatic rings. The van der Waals surface area contributed by atoms with Gasteiger partial charge in [-0.3, -0.25) is 10.1 Å². The topological polar surface area (TPSA) is 105 Å². The second-order valence-corrected chi connectivity index (χ2v) is 3.55. The van der Waals surface area contributed by atoms with Crippen molar-refractivity contribution in [1.29, 1.82) is 0 Å². The highest BCUT2D eigenvalue weighted by molar-refractivity contribution is 5.75. The summed E-state index contributed by atoms with van der Waals surface area (Å²) in [7, 11) is 1.20. The number of rotatable bonds is 5. The van der Waals surface area contributed by atoms with Crippen LogP contribution in [-0.4, -0.2) is 30.7 Å². The lowest BCUT2D eigenvalue weighted by Crippen LogP contribution is -2.36. The molecule has 0 aromatic heterocycles. The van der Waals surface area contributed by atoms with Crippen LogP contribution in [0.2, 0.25) is 0 Å². The van der Waals surface area contributed by atoms with Crippen molar-refractivity contribution in [3.05, 3.63) is 33.9 Å². The highest BCUT2D eigenvalue weighted by atomic mass is 16.6. The lowest BCUT2D eigenvalue weighted by molar-refractivity contribution is -0.386. The smallest absolute Gasteiger partial charge is 0.348 e. The van der Waals surface area contributed by atoms with Gasteiger partial charge in [0.1, 0.15) is 0 Å². The molecule has 1 atom stereocenters. The average molecular weight is 254 g/mol. The van der Waals surface area contributed by atoms with Crippen molar-refractivity contribution < 1.29 is 19.2 Å². The molecule has 98 valence electrons. The molecule has 0 radical (unpaired) electrons. The molecule has 2 N–H and O–H groups in total. The number of ether oxygens (including phenoxy) is 2. The highest BCUT2D eigenvalue weighted by Gasteiger charge is 2.25. The SMILES string of the molecule is COC(=O)C(CN)Oc1c(C)cccc1[N+](=O)[O-]. The number of nitrogens with zero attached hydrogens (tertiary/aromatic N) is 1. The van der Waals surface area contributed by atoms with Crippen LogP contribution < -0.4 is 10.5 Å². The number of methoxy groups -OCH3 is 1. The molecule has 0 aliphatic rings. The molecule has 1 unspecified atom stereocenters. The Kier molecular flexibility index (Phi) is 4.61. The van der Waals surface area contributed by atoms with Gasteiger partial charge in [0.05, 0.1) is 12.0 Å². The van der Waals surface area contributed by atoms with Crippen molar-refractivity contribution in [1.82, 2.24) is 0 Å². The molecule has 0 heterocycles. The largest absolute Gasteiger partial charge is 0.470 e. The minimum absolute atomic E-state index is 0.0309. The molecular weight excluding hydrogens is 240 g/mol. The molecule has 0 spiro atoms. The van der Waals surface area contributed by atoms with Crippen LogP contribution in [0.4, 0.5) is 5.69 Å². The van der Waals surface area contributed by atoms with Gasteiger partial charge in [-0.05, 0) is 12.5 Å². The number of esters is 1. The molecule has 0 amide bonds. The minimum Gasteiger partial charge on any atom is -0.470 e. The summed E-state index contributed by atoms with van der Waals surface area (Å²) in [6.07, 6.45) is -1.06. The van der Waals surface area contributed by atoms with E-state index in [0.29, 0.717) is 5.56 Å². The van der Waals surface area contributed by atoms with Crippen LogP contribution in [0.15, 0.2) is 18.2 Å². The standard InChI is InChI=1S/C11H14N2O5/c1-7-4-3-5-8(13(15)16)10(7)18-9(6-12)11(14)17-2/h3-5,9H,6,12H2,1-2H3. The zero-order valence-corrected chi connectivity index (χ0v) is 10.1. The molecule has 0 aliphatic heterocycles. The molecule has 0 saturated carbocycles. The molecule has 1 aromatic carbocycles. The van der Waals surface area contributed by atoms with Gasteiger partial charge >= 0.3 is 11.7 Å². The number of hydrogen-bond donors (Lipinski definition) is 1. The Balaban J connectivity index is 3.09. The van der Waals surface area contributed by atoms with E-state index in [1.807, 2.05) is 0 Å². The summed E-state index contributed by atoms with van der Waals surface area (Å²) in [5, 5.41) is 10.9. The Morgan fingerprint density at radius 1 is 1.56 bits per heavy atom. The first kappa shape index (κ1) is 13.9. The highest BCUT2D eigenvalue weighted by Crippen LogP contribution is 2.31. The minimum atomic E-state index is -1.06. The average Bonchev–Trinajstić information content (AvgIpc) is 2.36. The maximum Gasteiger partial charge on any atom is 0.348 e. The Morgan fingerprint density at radius 2 is 2.22 bits per heavy atom. The molecule has 0 bridgehead atoms. The second kappa shape index (κ2) is 5.97. The van der Waals surface area contributed by atoms with Gasteiger partial charge in [-0.25, -0.2) is 4.79 Å². The third-order valence-corrected chi connectivity index (χ3v) is 2.33. The maximum absolute atomic E-state index is 11.3. The summed E-state index contributed by atoms with van der Waals surface area (Å²) < 4.78 is 9.80. The molecule has 0 aliphatic carbocycles. The summed E-state index contributed by atoms with van der Waals surface area (Å²) in [5.41, 5.74) is 5.71. The second-order valence-electron chi connectivity index (χ2n) is 3.55. The molecule has 7 nitrogen and oxygen atoms in total. The van der Waals surface area contributed by atoms with Gasteiger partial charge in [0.2, 0.25) is 11.9 Å². The van der Waals surface area contributed by atoms with E-state index in [4.69, 9.17) is 10.5 Å². The van der Waals surface area contributed by atoms with E-state index in [0.717, 1.165) is 0 Å². The number of hydrogen-bond acceptors (Lipinski definition) is 6. The van der Waals surface area contributed by atoms with Crippen molar-refractivity contribution in [3.8, 4) is 5.75 Å². The van der Waals surface area contributed by atoms with E-state index >= 15 is 0 Å². The molecular formula is C11H14N2O5. The number of nitrogens with two attached hydrogens (primary N) is 1. The lowest BCUT2D eigenvalue weighted by atomic mass is 10.2. The summed E-state index contributed by atoms with van der Waals surface area (Å²) in [5.74, 6) is -0.640. The number of aryl methyl sites for hydroxylation is 1. The van der Waals surface area contributed by atoms with Gasteiger partial charge in [-0.15, -0.1) is 0 Å². The lowest BCUT2D eigenvalue weighted by Gasteiger charge is -2.16. The third-order valence-electron chi connectivity index (χ3n) is 2.33. The van der Waals surface area contributed by atoms with Crippen LogP contribution in [-0.2, 0) is 9.53 Å². The van der Waals surface area contributed by atoms with Crippen LogP contribution >= 0.6 is 0 Å². The van der Waals surface area contributed by atoms with E-state index in [2.05, 4.69) is 4.74 Å². The Morgan fingerprint density at radius 3 is 2.72 bits per heavy atom. The van der Waals surface area contributed by atoms with Crippen molar-refractivity contribution in [2.75, 3.05) is 13.7 Å². The first-order chi connectivity index (χ1) is 8.51. The number of para-hydroxylation sites is 1. The first-order valence-corrected chi connectivity index (χ1v) is 5.19. The molecule has 7 heteroatoms. The normalized spacial score (nSPS) is 11.7. The number of carbonyl (C=O) groups is 1. The van der Waals surface area contributed by atoms with Crippen LogP contribution in [0.1, 0.15) is 5.56 Å². The van der Waals surface area contributed by atoms with Gasteiger partial charge in [0, 0.05) is 12.6 Å². The molecule has 0 saturated heterocycles. The summed E-state index contributed by atoms with van der Waals surface area (Å²) in [4.78, 5) is 21.6. The number of nitro groups is 1. The first-order valence-electron chi connectivity index (χ1n) is 5.19. The molecule has 18 heavy (non-hydrogen) atoms. The quantitative estimate of drug-likeness (QED) is 0.473. The third kappa shape index (κ3) is 2.95. The van der Waals surface area contributed by atoms with E-state index in [-0.39, 0.29) is 18.0 Å². The Hall–Kier alpha value is -2.15. The molecule has 1 rings (SSSR count). The number of nitro benzene ring substituents is 1. The number of carbonyl (C=O) groups excluding carboxylic acids is 1. The Labute approximate surface area is 104 Å². The molecule has 0 fully saturated rings. The van der Waals surface area contributed by atoms with Gasteiger partial charge < -0.3 is 15.2 Å². The van der Waals surface area contributed by atoms with Gasteiger partial charge in [-0.2, -0.15) is 0 Å². The monoisotopic (exact) mass is 254 g/mol. The fourth-order valence-corrected chi connectivity index (χ4v) is 1.40. The predicted octanol–water partition coefficient (Wildman–Crippen LogP) is 0.782. The summed E-state index contributed by atoms with van der Waals surface area (Å²) in [6, 6.07) is 4.48. The van der Waals surface area contributed by atoms with Gasteiger partial charge in [0.25, 0.3) is 0 Å².